The molecule has 0 radical (unpaired) electrons. The fourth-order valence-corrected chi connectivity index (χ4v) is 4.01. The van der Waals surface area contributed by atoms with Crippen LogP contribution in [0.1, 0.15) is 5.56 Å². The van der Waals surface area contributed by atoms with Crippen LogP contribution in [-0.4, -0.2) is 31.2 Å². The van der Waals surface area contributed by atoms with Crippen LogP contribution in [0.2, 0.25) is 0 Å². The van der Waals surface area contributed by atoms with E-state index in [1.54, 1.807) is 0 Å². The van der Waals surface area contributed by atoms with Crippen LogP contribution in [0.25, 0.3) is 0 Å². The number of thiophene rings is 1. The molecule has 1 aromatic heterocycles. The first-order valence-electron chi connectivity index (χ1n) is 6.14. The van der Waals surface area contributed by atoms with Gasteiger partial charge in [-0.25, -0.2) is 12.7 Å². The fraction of sp³-hybridized carbons (Fsp3) is 0.231. The van der Waals surface area contributed by atoms with Gasteiger partial charge in [0.2, 0.25) is 10.0 Å². The van der Waals surface area contributed by atoms with E-state index in [0.29, 0.717) is 13.0 Å². The normalized spacial score (nSPS) is 11.7. The monoisotopic (exact) mass is 326 g/mol. The molecule has 0 saturated heterocycles. The number of benzene rings is 1. The summed E-state index contributed by atoms with van der Waals surface area (Å²) < 4.78 is 25.8. The summed E-state index contributed by atoms with van der Waals surface area (Å²) in [5.41, 5.74) is 1.04. The van der Waals surface area contributed by atoms with E-state index in [-0.39, 0.29) is 9.90 Å². The molecule has 21 heavy (non-hydrogen) atoms. The Morgan fingerprint density at radius 3 is 2.52 bits per heavy atom. The molecule has 2 aromatic rings. The Hall–Kier alpha value is -1.77. The average molecular weight is 326 g/mol. The summed E-state index contributed by atoms with van der Waals surface area (Å²) >= 11 is 0.811. The van der Waals surface area contributed by atoms with E-state index < -0.39 is 14.9 Å². The summed E-state index contributed by atoms with van der Waals surface area (Å²) in [5, 5.41) is 11.8. The van der Waals surface area contributed by atoms with E-state index in [9.17, 15) is 18.5 Å². The minimum atomic E-state index is -3.68. The van der Waals surface area contributed by atoms with Crippen molar-refractivity contribution in [3.8, 4) is 0 Å². The molecule has 6 nitrogen and oxygen atoms in total. The zero-order valence-electron chi connectivity index (χ0n) is 11.3. The second-order valence-electron chi connectivity index (χ2n) is 4.44. The third kappa shape index (κ3) is 3.66. The third-order valence-corrected chi connectivity index (χ3v) is 5.87. The minimum absolute atomic E-state index is 0.0326. The quantitative estimate of drug-likeness (QED) is 0.603. The van der Waals surface area contributed by atoms with Crippen LogP contribution in [0.15, 0.2) is 46.7 Å². The number of nitrogens with zero attached hydrogens (tertiary/aromatic N) is 2. The Morgan fingerprint density at radius 1 is 1.29 bits per heavy atom. The number of hydrogen-bond acceptors (Lipinski definition) is 5. The lowest BCUT2D eigenvalue weighted by atomic mass is 10.2. The lowest BCUT2D eigenvalue weighted by molar-refractivity contribution is -0.380. The number of hydrogen-bond donors (Lipinski definition) is 0. The lowest BCUT2D eigenvalue weighted by Gasteiger charge is -2.15. The van der Waals surface area contributed by atoms with E-state index in [1.165, 1.54) is 16.7 Å². The van der Waals surface area contributed by atoms with Crippen molar-refractivity contribution in [3.63, 3.8) is 0 Å². The van der Waals surface area contributed by atoms with Crippen molar-refractivity contribution in [1.82, 2.24) is 4.31 Å². The Morgan fingerprint density at radius 2 is 1.95 bits per heavy atom. The van der Waals surface area contributed by atoms with Gasteiger partial charge in [0.15, 0.2) is 0 Å². The fourth-order valence-electron chi connectivity index (χ4n) is 1.77. The molecule has 0 N–H and O–H groups in total. The maximum Gasteiger partial charge on any atom is 0.325 e. The van der Waals surface area contributed by atoms with Gasteiger partial charge in [0.05, 0.1) is 4.92 Å². The van der Waals surface area contributed by atoms with E-state index in [4.69, 9.17) is 0 Å². The predicted octanol–water partition coefficient (Wildman–Crippen LogP) is 2.52. The van der Waals surface area contributed by atoms with Crippen LogP contribution in [0, 0.1) is 10.1 Å². The molecule has 2 rings (SSSR count). The lowest BCUT2D eigenvalue weighted by Crippen LogP contribution is -2.28. The molecule has 0 fully saturated rings. The van der Waals surface area contributed by atoms with Gasteiger partial charge in [-0.1, -0.05) is 41.7 Å². The van der Waals surface area contributed by atoms with Crippen molar-refractivity contribution in [2.24, 2.45) is 0 Å². The first-order chi connectivity index (χ1) is 9.91. The molecule has 0 saturated carbocycles. The second kappa shape index (κ2) is 6.33. The summed E-state index contributed by atoms with van der Waals surface area (Å²) in [6.45, 7) is 0.315. The molecule has 0 bridgehead atoms. The molecule has 0 aliphatic heterocycles. The Labute approximate surface area is 126 Å². The molecule has 1 heterocycles. The zero-order chi connectivity index (χ0) is 15.5. The highest BCUT2D eigenvalue weighted by Gasteiger charge is 2.24. The average Bonchev–Trinajstić information content (AvgIpc) is 2.96. The first kappa shape index (κ1) is 15.6. The predicted molar refractivity (Wildman–Crippen MR) is 80.9 cm³/mol. The molecule has 0 atom stereocenters. The maximum absolute atomic E-state index is 12.3. The highest BCUT2D eigenvalue weighted by Crippen LogP contribution is 2.27. The van der Waals surface area contributed by atoms with Crippen LogP contribution in [0.3, 0.4) is 0 Å². The van der Waals surface area contributed by atoms with Gasteiger partial charge < -0.3 is 0 Å². The largest absolute Gasteiger partial charge is 0.325 e. The summed E-state index contributed by atoms with van der Waals surface area (Å²) in [4.78, 5) is 10.0. The van der Waals surface area contributed by atoms with Crippen molar-refractivity contribution < 1.29 is 13.3 Å². The molecule has 0 unspecified atom stereocenters. The topological polar surface area (TPSA) is 80.5 Å². The van der Waals surface area contributed by atoms with Gasteiger partial charge in [-0.15, -0.1) is 0 Å². The molecule has 0 amide bonds. The van der Waals surface area contributed by atoms with Crippen molar-refractivity contribution in [3.05, 3.63) is 57.5 Å². The van der Waals surface area contributed by atoms with Crippen molar-refractivity contribution in [2.75, 3.05) is 13.6 Å². The van der Waals surface area contributed by atoms with E-state index >= 15 is 0 Å². The van der Waals surface area contributed by atoms with Crippen LogP contribution in [0.5, 0.6) is 0 Å². The van der Waals surface area contributed by atoms with E-state index in [0.717, 1.165) is 23.0 Å². The number of rotatable bonds is 6. The van der Waals surface area contributed by atoms with Crippen LogP contribution in [0.4, 0.5) is 5.00 Å². The second-order valence-corrected chi connectivity index (χ2v) is 7.37. The van der Waals surface area contributed by atoms with Gasteiger partial charge in [-0.05, 0) is 12.0 Å². The molecular formula is C13H14N2O4S2. The molecule has 1 aromatic carbocycles. The summed E-state index contributed by atoms with van der Waals surface area (Å²) in [5.74, 6) is 0. The first-order valence-corrected chi connectivity index (χ1v) is 8.46. The highest BCUT2D eigenvalue weighted by atomic mass is 32.2. The minimum Gasteiger partial charge on any atom is -0.258 e. The Kier molecular flexibility index (Phi) is 4.71. The zero-order valence-corrected chi connectivity index (χ0v) is 12.9. The van der Waals surface area contributed by atoms with Gasteiger partial charge in [0.1, 0.15) is 4.90 Å². The number of sulfonamides is 1. The van der Waals surface area contributed by atoms with Gasteiger partial charge in [-0.3, -0.25) is 10.1 Å². The number of nitro groups is 1. The summed E-state index contributed by atoms with van der Waals surface area (Å²) in [6.07, 6.45) is 0.586. The van der Waals surface area contributed by atoms with Gasteiger partial charge in [0.25, 0.3) is 0 Å². The smallest absolute Gasteiger partial charge is 0.258 e. The van der Waals surface area contributed by atoms with Crippen molar-refractivity contribution in [1.29, 1.82) is 0 Å². The third-order valence-electron chi connectivity index (χ3n) is 3.01. The maximum atomic E-state index is 12.3. The SMILES string of the molecule is CN(CCc1ccccc1)S(=O)(=O)c1csc([N+](=O)[O-])c1. The van der Waals surface area contributed by atoms with E-state index in [1.807, 2.05) is 30.3 Å². The van der Waals surface area contributed by atoms with Crippen LogP contribution in [-0.2, 0) is 16.4 Å². The van der Waals surface area contributed by atoms with Gasteiger partial charge >= 0.3 is 5.00 Å². The summed E-state index contributed by atoms with van der Waals surface area (Å²) in [6, 6.07) is 10.6. The molecular weight excluding hydrogens is 312 g/mol. The molecule has 0 spiro atoms. The van der Waals surface area contributed by atoms with Crippen LogP contribution >= 0.6 is 11.3 Å². The van der Waals surface area contributed by atoms with Crippen LogP contribution < -0.4 is 0 Å². The van der Waals surface area contributed by atoms with Crippen molar-refractivity contribution >= 4 is 26.4 Å². The summed E-state index contributed by atoms with van der Waals surface area (Å²) in [7, 11) is -2.21. The molecule has 8 heteroatoms. The van der Waals surface area contributed by atoms with Crippen molar-refractivity contribution in [2.45, 2.75) is 11.3 Å². The van der Waals surface area contributed by atoms with Gasteiger partial charge in [0, 0.05) is 25.0 Å². The van der Waals surface area contributed by atoms with E-state index in [2.05, 4.69) is 0 Å². The molecule has 112 valence electrons. The molecule has 0 aliphatic rings. The standard InChI is InChI=1S/C13H14N2O4S2/c1-14(8-7-11-5-3-2-4-6-11)21(18,19)12-9-13(15(16)17)20-10-12/h2-6,9-10H,7-8H2,1H3. The highest BCUT2D eigenvalue weighted by molar-refractivity contribution is 7.89. The number of likely N-dealkylation sites (N-methyl/N-ethyl adjacent to an activating group) is 1. The molecule has 0 aliphatic carbocycles. The Balaban J connectivity index is 2.09. The Bertz CT molecular complexity index is 726. The van der Waals surface area contributed by atoms with Gasteiger partial charge in [-0.2, -0.15) is 0 Å².